The first-order valence-electron chi connectivity index (χ1n) is 12.5. The molecule has 2 aliphatic carbocycles. The highest BCUT2D eigenvalue weighted by atomic mass is 32.1. The third-order valence-corrected chi connectivity index (χ3v) is 8.11. The van der Waals surface area contributed by atoms with Crippen molar-refractivity contribution < 1.29 is 4.79 Å². The molecule has 3 heteroatoms. The van der Waals surface area contributed by atoms with Crippen LogP contribution >= 0.6 is 12.2 Å². The van der Waals surface area contributed by atoms with Crippen molar-refractivity contribution in [2.75, 3.05) is 6.54 Å². The maximum atomic E-state index is 12.7. The second-order valence-electron chi connectivity index (χ2n) is 9.84. The van der Waals surface area contributed by atoms with Gasteiger partial charge >= 0.3 is 0 Å². The van der Waals surface area contributed by atoms with Crippen LogP contribution in [-0.4, -0.2) is 28.3 Å². The Hall–Kier alpha value is -0.440. The minimum atomic E-state index is 0.437. The van der Waals surface area contributed by atoms with E-state index in [1.165, 1.54) is 94.8 Å². The number of unbranched alkanes of at least 4 members (excludes halogenated alkanes) is 2. The molecule has 2 unspecified atom stereocenters. The van der Waals surface area contributed by atoms with Crippen molar-refractivity contribution in [2.45, 2.75) is 128 Å². The molecule has 28 heavy (non-hydrogen) atoms. The van der Waals surface area contributed by atoms with Gasteiger partial charge in [-0.1, -0.05) is 70.0 Å². The molecule has 0 aromatic carbocycles. The summed E-state index contributed by atoms with van der Waals surface area (Å²) < 4.78 is 0. The summed E-state index contributed by atoms with van der Waals surface area (Å²) in [5.74, 6) is 2.23. The van der Waals surface area contributed by atoms with Gasteiger partial charge in [-0.25, -0.2) is 0 Å². The maximum absolute atomic E-state index is 12.7. The molecule has 0 aromatic rings. The number of nitrogens with zero attached hydrogens (tertiary/aromatic N) is 1. The van der Waals surface area contributed by atoms with Crippen molar-refractivity contribution in [3.63, 3.8) is 0 Å². The highest BCUT2D eigenvalue weighted by molar-refractivity contribution is 7.80. The first-order chi connectivity index (χ1) is 13.7. The Morgan fingerprint density at radius 2 is 1.43 bits per heavy atom. The Morgan fingerprint density at radius 1 is 0.750 bits per heavy atom. The number of hydrogen-bond donors (Lipinski definition) is 0. The third-order valence-electron chi connectivity index (χ3n) is 7.70. The molecule has 1 amide bonds. The number of fused-ring (bicyclic) bond motifs is 1. The molecule has 0 spiro atoms. The summed E-state index contributed by atoms with van der Waals surface area (Å²) in [6.07, 6.45) is 24.3. The second kappa shape index (κ2) is 12.3. The van der Waals surface area contributed by atoms with E-state index < -0.39 is 0 Å². The molecule has 160 valence electrons. The summed E-state index contributed by atoms with van der Waals surface area (Å²) >= 11 is 5.61. The summed E-state index contributed by atoms with van der Waals surface area (Å²) in [6.45, 7) is 1.02. The van der Waals surface area contributed by atoms with Crippen molar-refractivity contribution in [3.05, 3.63) is 0 Å². The van der Waals surface area contributed by atoms with Crippen LogP contribution < -0.4 is 0 Å². The molecule has 0 bridgehead atoms. The summed E-state index contributed by atoms with van der Waals surface area (Å²) in [6, 6.07) is 0.576. The van der Waals surface area contributed by atoms with Crippen LogP contribution in [0.1, 0.15) is 122 Å². The Labute approximate surface area is 179 Å². The minimum absolute atomic E-state index is 0.437. The van der Waals surface area contributed by atoms with Crippen LogP contribution in [0.3, 0.4) is 0 Å². The molecule has 2 atom stereocenters. The average Bonchev–Trinajstić information content (AvgIpc) is 2.73. The lowest BCUT2D eigenvalue weighted by molar-refractivity contribution is -0.137. The van der Waals surface area contributed by atoms with Gasteiger partial charge in [0.15, 0.2) is 0 Å². The second-order valence-corrected chi connectivity index (χ2v) is 10.4. The Bertz CT molecular complexity index is 483. The van der Waals surface area contributed by atoms with Crippen LogP contribution in [0.25, 0.3) is 0 Å². The van der Waals surface area contributed by atoms with E-state index in [2.05, 4.69) is 4.90 Å². The number of carbonyl (C=O) groups excluding carboxylic acids is 1. The number of piperidine rings is 1. The SMILES string of the molecule is O=C(CCCCCC(=S)CCCC1CCCCC1)N1CCCC2CCCCC21. The molecule has 0 radical (unpaired) electrons. The molecule has 1 saturated heterocycles. The molecule has 0 aromatic heterocycles. The van der Waals surface area contributed by atoms with Crippen LogP contribution in [0.2, 0.25) is 0 Å². The maximum Gasteiger partial charge on any atom is 0.222 e. The quantitative estimate of drug-likeness (QED) is 0.282. The smallest absolute Gasteiger partial charge is 0.222 e. The van der Waals surface area contributed by atoms with Gasteiger partial charge in [0.25, 0.3) is 0 Å². The topological polar surface area (TPSA) is 20.3 Å². The van der Waals surface area contributed by atoms with Gasteiger partial charge in [-0.05, 0) is 74.5 Å². The number of likely N-dealkylation sites (tertiary alicyclic amines) is 1. The first-order valence-corrected chi connectivity index (χ1v) is 13.0. The Morgan fingerprint density at radius 3 is 2.29 bits per heavy atom. The van der Waals surface area contributed by atoms with Gasteiger partial charge < -0.3 is 4.90 Å². The van der Waals surface area contributed by atoms with Crippen LogP contribution in [0.4, 0.5) is 0 Å². The molecule has 2 saturated carbocycles. The van der Waals surface area contributed by atoms with Crippen LogP contribution in [0, 0.1) is 11.8 Å². The zero-order chi connectivity index (χ0) is 19.6. The summed E-state index contributed by atoms with van der Waals surface area (Å²) in [4.78, 5) is 16.3. The van der Waals surface area contributed by atoms with E-state index in [1.54, 1.807) is 0 Å². The van der Waals surface area contributed by atoms with Gasteiger partial charge in [0, 0.05) is 19.0 Å². The lowest BCUT2D eigenvalue weighted by atomic mass is 9.78. The zero-order valence-electron chi connectivity index (χ0n) is 18.1. The summed E-state index contributed by atoms with van der Waals surface area (Å²) in [5, 5.41) is 0. The number of hydrogen-bond acceptors (Lipinski definition) is 2. The number of rotatable bonds is 10. The molecule has 1 heterocycles. The molecule has 1 aliphatic heterocycles. The van der Waals surface area contributed by atoms with Crippen molar-refractivity contribution in [1.82, 2.24) is 4.90 Å². The van der Waals surface area contributed by atoms with Gasteiger partial charge in [0.1, 0.15) is 0 Å². The molecule has 3 aliphatic rings. The van der Waals surface area contributed by atoms with E-state index in [0.29, 0.717) is 11.9 Å². The Kier molecular flexibility index (Phi) is 9.77. The molecular formula is C25H43NOS. The highest BCUT2D eigenvalue weighted by Crippen LogP contribution is 2.35. The average molecular weight is 406 g/mol. The van der Waals surface area contributed by atoms with Crippen LogP contribution in [-0.2, 0) is 4.79 Å². The van der Waals surface area contributed by atoms with Crippen molar-refractivity contribution >= 4 is 23.0 Å². The fraction of sp³-hybridized carbons (Fsp3) is 0.920. The standard InChI is InChI=1S/C25H43NOS/c27-25(26-20-10-15-22-14-7-8-18-24(22)26)19-6-2-5-16-23(28)17-9-13-21-11-3-1-4-12-21/h21-22,24H,1-20H2. The van der Waals surface area contributed by atoms with E-state index in [0.717, 1.165) is 50.5 Å². The molecule has 3 fully saturated rings. The van der Waals surface area contributed by atoms with E-state index in [4.69, 9.17) is 12.2 Å². The monoisotopic (exact) mass is 405 g/mol. The molecular weight excluding hydrogens is 362 g/mol. The largest absolute Gasteiger partial charge is 0.339 e. The number of thiocarbonyl (C=S) groups is 1. The van der Waals surface area contributed by atoms with Crippen molar-refractivity contribution in [1.29, 1.82) is 0 Å². The van der Waals surface area contributed by atoms with Crippen molar-refractivity contribution in [2.24, 2.45) is 11.8 Å². The van der Waals surface area contributed by atoms with E-state index in [9.17, 15) is 4.79 Å². The first kappa shape index (κ1) is 22.2. The number of amides is 1. The minimum Gasteiger partial charge on any atom is -0.339 e. The normalized spacial score (nSPS) is 26.1. The van der Waals surface area contributed by atoms with Gasteiger partial charge in [0.05, 0.1) is 0 Å². The van der Waals surface area contributed by atoms with Crippen LogP contribution in [0.15, 0.2) is 0 Å². The van der Waals surface area contributed by atoms with Gasteiger partial charge in [-0.2, -0.15) is 0 Å². The summed E-state index contributed by atoms with van der Waals surface area (Å²) in [5.41, 5.74) is 0. The van der Waals surface area contributed by atoms with Gasteiger partial charge in [-0.3, -0.25) is 4.79 Å². The number of carbonyl (C=O) groups is 1. The molecule has 2 nitrogen and oxygen atoms in total. The van der Waals surface area contributed by atoms with E-state index in [-0.39, 0.29) is 0 Å². The van der Waals surface area contributed by atoms with E-state index in [1.807, 2.05) is 0 Å². The third kappa shape index (κ3) is 7.11. The van der Waals surface area contributed by atoms with Crippen molar-refractivity contribution in [3.8, 4) is 0 Å². The lowest BCUT2D eigenvalue weighted by Crippen LogP contribution is -2.49. The fourth-order valence-electron chi connectivity index (χ4n) is 6.04. The predicted octanol–water partition coefficient (Wildman–Crippen LogP) is 7.24. The van der Waals surface area contributed by atoms with Gasteiger partial charge in [0.2, 0.25) is 5.91 Å². The highest BCUT2D eigenvalue weighted by Gasteiger charge is 2.35. The van der Waals surface area contributed by atoms with E-state index >= 15 is 0 Å². The van der Waals surface area contributed by atoms with Crippen LogP contribution in [0.5, 0.6) is 0 Å². The fourth-order valence-corrected chi connectivity index (χ4v) is 6.33. The summed E-state index contributed by atoms with van der Waals surface area (Å²) in [7, 11) is 0. The zero-order valence-corrected chi connectivity index (χ0v) is 19.0. The molecule has 3 rings (SSSR count). The Balaban J connectivity index is 1.22. The predicted molar refractivity (Wildman–Crippen MR) is 123 cm³/mol. The molecule has 0 N–H and O–H groups in total. The lowest BCUT2D eigenvalue weighted by Gasteiger charge is -2.44. The van der Waals surface area contributed by atoms with Gasteiger partial charge in [-0.15, -0.1) is 0 Å².